The van der Waals surface area contributed by atoms with Gasteiger partial charge in [-0.15, -0.1) is 22.7 Å². The first-order chi connectivity index (χ1) is 10.7. The number of rotatable bonds is 7. The van der Waals surface area contributed by atoms with Crippen LogP contribution in [0.3, 0.4) is 0 Å². The van der Waals surface area contributed by atoms with Gasteiger partial charge in [0.15, 0.2) is 5.96 Å². The number of aliphatic imine (C=N–C) groups is 1. The molecule has 2 aromatic heterocycles. The number of nitrogens with one attached hydrogen (secondary N) is 2. The zero-order valence-electron chi connectivity index (χ0n) is 12.9. The Hall–Kier alpha value is -0.920. The van der Waals surface area contributed by atoms with E-state index < -0.39 is 0 Å². The largest absolute Gasteiger partial charge is 0.357 e. The number of hydrogen-bond donors (Lipinski definition) is 2. The van der Waals surface area contributed by atoms with E-state index >= 15 is 0 Å². The van der Waals surface area contributed by atoms with Gasteiger partial charge in [0.1, 0.15) is 0 Å². The molecule has 2 N–H and O–H groups in total. The molecule has 2 rings (SSSR count). The highest BCUT2D eigenvalue weighted by Gasteiger charge is 2.01. The highest BCUT2D eigenvalue weighted by atomic mass is 79.9. The summed E-state index contributed by atoms with van der Waals surface area (Å²) in [6.07, 6.45) is 3.83. The molecule has 0 saturated carbocycles. The molecule has 0 aliphatic heterocycles. The van der Waals surface area contributed by atoms with Crippen LogP contribution < -0.4 is 10.6 Å². The summed E-state index contributed by atoms with van der Waals surface area (Å²) >= 11 is 7.02. The lowest BCUT2D eigenvalue weighted by Crippen LogP contribution is -2.38. The van der Waals surface area contributed by atoms with Gasteiger partial charge in [-0.3, -0.25) is 4.99 Å². The third kappa shape index (κ3) is 6.06. The molecule has 0 saturated heterocycles. The number of thiophene rings is 1. The maximum Gasteiger partial charge on any atom is 0.191 e. The van der Waals surface area contributed by atoms with E-state index in [4.69, 9.17) is 0 Å². The van der Waals surface area contributed by atoms with Crippen molar-refractivity contribution in [1.82, 2.24) is 15.6 Å². The molecule has 0 amide bonds. The molecule has 4 nitrogen and oxygen atoms in total. The molecule has 120 valence electrons. The third-order valence-electron chi connectivity index (χ3n) is 2.90. The van der Waals surface area contributed by atoms with Crippen LogP contribution in [-0.2, 0) is 12.8 Å². The molecular formula is C15H21BrN4S2. The maximum atomic E-state index is 4.61. The molecule has 2 heterocycles. The van der Waals surface area contributed by atoms with Gasteiger partial charge < -0.3 is 10.6 Å². The highest BCUT2D eigenvalue weighted by Crippen LogP contribution is 2.22. The van der Waals surface area contributed by atoms with Gasteiger partial charge in [-0.25, -0.2) is 4.98 Å². The Morgan fingerprint density at radius 2 is 2.14 bits per heavy atom. The van der Waals surface area contributed by atoms with E-state index in [1.165, 1.54) is 13.5 Å². The van der Waals surface area contributed by atoms with E-state index in [-0.39, 0.29) is 0 Å². The van der Waals surface area contributed by atoms with E-state index in [1.807, 2.05) is 6.20 Å². The van der Waals surface area contributed by atoms with Crippen LogP contribution >= 0.6 is 38.6 Å². The SMILES string of the molecule is CCNC(=NCCc1ncc(C)s1)NCCc1ccc(Br)s1. The smallest absolute Gasteiger partial charge is 0.191 e. The summed E-state index contributed by atoms with van der Waals surface area (Å²) in [6.45, 7) is 6.67. The topological polar surface area (TPSA) is 49.3 Å². The van der Waals surface area contributed by atoms with Gasteiger partial charge in [0.05, 0.1) is 8.79 Å². The monoisotopic (exact) mass is 400 g/mol. The summed E-state index contributed by atoms with van der Waals surface area (Å²) in [5.74, 6) is 0.881. The molecule has 0 bridgehead atoms. The molecule has 0 spiro atoms. The zero-order valence-corrected chi connectivity index (χ0v) is 16.1. The van der Waals surface area contributed by atoms with Crippen LogP contribution in [0.5, 0.6) is 0 Å². The number of aryl methyl sites for hydroxylation is 1. The molecule has 0 radical (unpaired) electrons. The average Bonchev–Trinajstić information content (AvgIpc) is 3.08. The molecule has 0 atom stereocenters. The maximum absolute atomic E-state index is 4.61. The van der Waals surface area contributed by atoms with Crippen LogP contribution in [0.4, 0.5) is 0 Å². The van der Waals surface area contributed by atoms with Crippen LogP contribution in [0.25, 0.3) is 0 Å². The van der Waals surface area contributed by atoms with Crippen molar-refractivity contribution in [3.05, 3.63) is 36.9 Å². The summed E-state index contributed by atoms with van der Waals surface area (Å²) in [5.41, 5.74) is 0. The second-order valence-corrected chi connectivity index (χ2v) is 8.62. The van der Waals surface area contributed by atoms with Crippen LogP contribution in [0.15, 0.2) is 27.1 Å². The van der Waals surface area contributed by atoms with Gasteiger partial charge in [0.2, 0.25) is 0 Å². The number of thiazole rings is 1. The molecule has 2 aromatic rings. The fourth-order valence-electron chi connectivity index (χ4n) is 1.91. The van der Waals surface area contributed by atoms with Crippen LogP contribution in [-0.4, -0.2) is 30.6 Å². The molecule has 0 aliphatic rings. The first-order valence-corrected chi connectivity index (χ1v) is 9.77. The molecule has 22 heavy (non-hydrogen) atoms. The zero-order chi connectivity index (χ0) is 15.8. The number of hydrogen-bond acceptors (Lipinski definition) is 4. The second-order valence-electron chi connectivity index (χ2n) is 4.76. The quantitative estimate of drug-likeness (QED) is 0.551. The summed E-state index contributed by atoms with van der Waals surface area (Å²) < 4.78 is 1.18. The minimum atomic E-state index is 0.757. The van der Waals surface area contributed by atoms with Crippen molar-refractivity contribution in [3.8, 4) is 0 Å². The third-order valence-corrected chi connectivity index (χ3v) is 5.56. The number of nitrogens with zero attached hydrogens (tertiary/aromatic N) is 2. The second kappa shape index (κ2) is 9.27. The van der Waals surface area contributed by atoms with Crippen LogP contribution in [0.1, 0.15) is 21.7 Å². The molecule has 0 unspecified atom stereocenters. The lowest BCUT2D eigenvalue weighted by atomic mass is 10.3. The predicted molar refractivity (Wildman–Crippen MR) is 100 cm³/mol. The Labute approximate surface area is 148 Å². The molecular weight excluding hydrogens is 380 g/mol. The first kappa shape index (κ1) is 17.4. The van der Waals surface area contributed by atoms with E-state index in [9.17, 15) is 0 Å². The normalized spacial score (nSPS) is 11.7. The Morgan fingerprint density at radius 1 is 1.27 bits per heavy atom. The van der Waals surface area contributed by atoms with E-state index in [0.29, 0.717) is 0 Å². The minimum Gasteiger partial charge on any atom is -0.357 e. The summed E-state index contributed by atoms with van der Waals surface area (Å²) in [5, 5.41) is 7.82. The first-order valence-electron chi connectivity index (χ1n) is 7.35. The Balaban J connectivity index is 1.76. The Bertz CT molecular complexity index is 606. The Morgan fingerprint density at radius 3 is 2.77 bits per heavy atom. The minimum absolute atomic E-state index is 0.757. The van der Waals surface area contributed by atoms with Gasteiger partial charge >= 0.3 is 0 Å². The van der Waals surface area contributed by atoms with Crippen molar-refractivity contribution >= 4 is 44.6 Å². The van der Waals surface area contributed by atoms with E-state index in [1.54, 1.807) is 22.7 Å². The summed E-state index contributed by atoms with van der Waals surface area (Å²) in [7, 11) is 0. The predicted octanol–water partition coefficient (Wildman–Crippen LogP) is 3.62. The molecule has 0 aliphatic carbocycles. The number of halogens is 1. The lowest BCUT2D eigenvalue weighted by molar-refractivity contribution is 0.801. The highest BCUT2D eigenvalue weighted by molar-refractivity contribution is 9.11. The van der Waals surface area contributed by atoms with Crippen LogP contribution in [0.2, 0.25) is 0 Å². The standard InChI is InChI=1S/C15H21BrN4S2/c1-3-17-15(18-8-6-12-4-5-13(16)22-12)19-9-7-14-20-10-11(2)21-14/h4-5,10H,3,6-9H2,1-2H3,(H2,17,18,19). The van der Waals surface area contributed by atoms with Crippen molar-refractivity contribution in [3.63, 3.8) is 0 Å². The van der Waals surface area contributed by atoms with Gasteiger partial charge in [0, 0.05) is 42.0 Å². The molecule has 0 aromatic carbocycles. The fourth-order valence-corrected chi connectivity index (χ4v) is 4.17. The van der Waals surface area contributed by atoms with E-state index in [2.05, 4.69) is 62.5 Å². The molecule has 7 heteroatoms. The van der Waals surface area contributed by atoms with Crippen molar-refractivity contribution in [2.24, 2.45) is 4.99 Å². The van der Waals surface area contributed by atoms with Crippen molar-refractivity contribution < 1.29 is 0 Å². The van der Waals surface area contributed by atoms with Gasteiger partial charge in [0.25, 0.3) is 0 Å². The fraction of sp³-hybridized carbons (Fsp3) is 0.467. The number of aromatic nitrogens is 1. The summed E-state index contributed by atoms with van der Waals surface area (Å²) in [6, 6.07) is 4.25. The summed E-state index contributed by atoms with van der Waals surface area (Å²) in [4.78, 5) is 11.6. The Kier molecular flexibility index (Phi) is 7.35. The van der Waals surface area contributed by atoms with Crippen molar-refractivity contribution in [2.45, 2.75) is 26.7 Å². The average molecular weight is 401 g/mol. The van der Waals surface area contributed by atoms with Crippen LogP contribution in [0, 0.1) is 6.92 Å². The lowest BCUT2D eigenvalue weighted by Gasteiger charge is -2.10. The van der Waals surface area contributed by atoms with E-state index in [0.717, 1.165) is 43.4 Å². The van der Waals surface area contributed by atoms with Crippen molar-refractivity contribution in [1.29, 1.82) is 0 Å². The molecule has 0 fully saturated rings. The number of guanidine groups is 1. The van der Waals surface area contributed by atoms with Gasteiger partial charge in [-0.1, -0.05) is 0 Å². The van der Waals surface area contributed by atoms with Gasteiger partial charge in [-0.2, -0.15) is 0 Å². The van der Waals surface area contributed by atoms with Crippen molar-refractivity contribution in [2.75, 3.05) is 19.6 Å². The van der Waals surface area contributed by atoms with Gasteiger partial charge in [-0.05, 0) is 48.3 Å².